The summed E-state index contributed by atoms with van der Waals surface area (Å²) in [5, 5.41) is 0. The zero-order valence-electron chi connectivity index (χ0n) is 39.1. The van der Waals surface area contributed by atoms with Crippen LogP contribution in [0.15, 0.2) is 121 Å². The summed E-state index contributed by atoms with van der Waals surface area (Å²) in [6.07, 6.45) is 6.39. The molecule has 2 heterocycles. The Morgan fingerprint density at radius 2 is 0.934 bits per heavy atom. The van der Waals surface area contributed by atoms with Crippen LogP contribution in [0.25, 0.3) is 0 Å². The van der Waals surface area contributed by atoms with Crippen molar-refractivity contribution in [3.63, 3.8) is 0 Å². The fourth-order valence-electron chi connectivity index (χ4n) is 10.6. The molecule has 0 N–H and O–H groups in total. The number of rotatable bonds is 5. The van der Waals surface area contributed by atoms with Gasteiger partial charge in [0.05, 0.1) is 0 Å². The Kier molecular flexibility index (Phi) is 10.0. The van der Waals surface area contributed by atoms with E-state index in [9.17, 15) is 0 Å². The van der Waals surface area contributed by atoms with Gasteiger partial charge in [0.1, 0.15) is 0 Å². The highest BCUT2D eigenvalue weighted by atomic mass is 15.2. The molecule has 1 aliphatic carbocycles. The zero-order valence-corrected chi connectivity index (χ0v) is 39.1. The van der Waals surface area contributed by atoms with Crippen molar-refractivity contribution in [3.8, 4) is 0 Å². The first-order valence-corrected chi connectivity index (χ1v) is 23.2. The Morgan fingerprint density at radius 1 is 0.443 bits per heavy atom. The molecule has 0 bridgehead atoms. The lowest BCUT2D eigenvalue weighted by Gasteiger charge is -2.46. The van der Waals surface area contributed by atoms with Gasteiger partial charge in [-0.2, -0.15) is 0 Å². The number of nitrogens with zero attached hydrogens (tertiary/aromatic N) is 2. The summed E-state index contributed by atoms with van der Waals surface area (Å²) in [5.74, 6) is 0.513. The molecule has 312 valence electrons. The molecule has 0 aromatic heterocycles. The first-order chi connectivity index (χ1) is 28.8. The second-order valence-electron chi connectivity index (χ2n) is 22.3. The van der Waals surface area contributed by atoms with Crippen LogP contribution in [-0.2, 0) is 21.7 Å². The Balaban J connectivity index is 1.35. The predicted molar refractivity (Wildman–Crippen MR) is 266 cm³/mol. The van der Waals surface area contributed by atoms with Crippen LogP contribution in [0.5, 0.6) is 0 Å². The van der Waals surface area contributed by atoms with Crippen molar-refractivity contribution in [3.05, 3.63) is 160 Å². The van der Waals surface area contributed by atoms with Crippen LogP contribution < -0.4 is 26.2 Å². The van der Waals surface area contributed by atoms with Crippen LogP contribution in [0.1, 0.15) is 153 Å². The van der Waals surface area contributed by atoms with Crippen molar-refractivity contribution in [2.75, 3.05) is 9.80 Å². The second kappa shape index (κ2) is 14.8. The minimum atomic E-state index is -0.129. The molecule has 1 saturated carbocycles. The standard InChI is InChI=1S/C58H67BN2/c1-38-33-52-54-53(34-38)61(49-30-27-44(35-46(49)39-19-15-13-16-20-39)58(11,12)41-21-17-14-18-22-41)51-32-26-43(57(8,9)10)37-48(51)59(54)47-36-42(56(5,6)7)25-31-50(47)60(52)45-28-23-40(24-29-45)55(2,3)4/h14,17-18,21-37,39H,13,15-16,19-20H2,1-12H3. The first kappa shape index (κ1) is 41.3. The first-order valence-electron chi connectivity index (χ1n) is 23.2. The maximum absolute atomic E-state index is 2.70. The van der Waals surface area contributed by atoms with Gasteiger partial charge in [-0.25, -0.2) is 0 Å². The number of benzene rings is 6. The van der Waals surface area contributed by atoms with E-state index in [0.717, 1.165) is 0 Å². The van der Waals surface area contributed by atoms with Crippen molar-refractivity contribution in [2.24, 2.45) is 0 Å². The minimum Gasteiger partial charge on any atom is -0.311 e. The largest absolute Gasteiger partial charge is 0.311 e. The molecule has 9 rings (SSSR count). The number of aryl methyl sites for hydroxylation is 1. The quantitative estimate of drug-likeness (QED) is 0.160. The highest BCUT2D eigenvalue weighted by Crippen LogP contribution is 2.49. The SMILES string of the molecule is Cc1cc2c3c(c1)N(c1ccc(C(C)(C)c4ccccc4)cc1C1CCCCC1)c1ccc(C(C)(C)C)cc1B3c1cc(C(C)(C)C)ccc1N2c1ccc(C(C)(C)C)cc1. The number of fused-ring (bicyclic) bond motifs is 4. The highest BCUT2D eigenvalue weighted by molar-refractivity contribution is 7.00. The molecule has 1 fully saturated rings. The molecule has 6 aromatic rings. The van der Waals surface area contributed by atoms with E-state index >= 15 is 0 Å². The third-order valence-corrected chi connectivity index (χ3v) is 14.5. The van der Waals surface area contributed by atoms with Gasteiger partial charge in [-0.3, -0.25) is 0 Å². The normalized spacial score (nSPS) is 15.7. The fraction of sp³-hybridized carbons (Fsp3) is 0.379. The Hall–Kier alpha value is -5.02. The predicted octanol–water partition coefficient (Wildman–Crippen LogP) is 14.3. The van der Waals surface area contributed by atoms with Crippen molar-refractivity contribution < 1.29 is 0 Å². The molecule has 2 aliphatic heterocycles. The van der Waals surface area contributed by atoms with Crippen LogP contribution in [0.3, 0.4) is 0 Å². The highest BCUT2D eigenvalue weighted by Gasteiger charge is 2.45. The molecule has 61 heavy (non-hydrogen) atoms. The van der Waals surface area contributed by atoms with E-state index in [4.69, 9.17) is 0 Å². The summed E-state index contributed by atoms with van der Waals surface area (Å²) >= 11 is 0. The lowest BCUT2D eigenvalue weighted by Crippen LogP contribution is -2.61. The average Bonchev–Trinajstić information content (AvgIpc) is 3.22. The van der Waals surface area contributed by atoms with Crippen LogP contribution in [0.4, 0.5) is 34.1 Å². The summed E-state index contributed by atoms with van der Waals surface area (Å²) in [4.78, 5) is 5.29. The van der Waals surface area contributed by atoms with Crippen molar-refractivity contribution in [1.29, 1.82) is 0 Å². The van der Waals surface area contributed by atoms with Gasteiger partial charge >= 0.3 is 0 Å². The molecule has 2 nitrogen and oxygen atoms in total. The third-order valence-electron chi connectivity index (χ3n) is 14.5. The van der Waals surface area contributed by atoms with Crippen LogP contribution in [0.2, 0.25) is 0 Å². The summed E-state index contributed by atoms with van der Waals surface area (Å²) in [6, 6.07) is 47.9. The van der Waals surface area contributed by atoms with E-state index < -0.39 is 0 Å². The van der Waals surface area contributed by atoms with Gasteiger partial charge in [0, 0.05) is 39.5 Å². The average molecular weight is 803 g/mol. The van der Waals surface area contributed by atoms with E-state index in [2.05, 4.69) is 214 Å². The molecular formula is C58H67BN2. The van der Waals surface area contributed by atoms with Gasteiger partial charge in [-0.1, -0.05) is 174 Å². The zero-order chi connectivity index (χ0) is 43.2. The lowest BCUT2D eigenvalue weighted by molar-refractivity contribution is 0.443. The van der Waals surface area contributed by atoms with Gasteiger partial charge in [-0.05, 0) is 140 Å². The van der Waals surface area contributed by atoms with Gasteiger partial charge in [0.2, 0.25) is 0 Å². The Morgan fingerprint density at radius 3 is 1.49 bits per heavy atom. The van der Waals surface area contributed by atoms with Gasteiger partial charge in [-0.15, -0.1) is 0 Å². The summed E-state index contributed by atoms with van der Waals surface area (Å²) in [7, 11) is 0. The van der Waals surface area contributed by atoms with Crippen LogP contribution in [-0.4, -0.2) is 6.71 Å². The van der Waals surface area contributed by atoms with Crippen molar-refractivity contribution in [1.82, 2.24) is 0 Å². The van der Waals surface area contributed by atoms with E-state index in [1.807, 2.05) is 0 Å². The van der Waals surface area contributed by atoms with Gasteiger partial charge < -0.3 is 9.80 Å². The van der Waals surface area contributed by atoms with Gasteiger partial charge in [0.25, 0.3) is 6.71 Å². The number of hydrogen-bond donors (Lipinski definition) is 0. The van der Waals surface area contributed by atoms with Crippen molar-refractivity contribution in [2.45, 2.75) is 143 Å². The molecule has 0 saturated heterocycles. The molecule has 0 atom stereocenters. The summed E-state index contributed by atoms with van der Waals surface area (Å²) in [5.41, 5.74) is 21.5. The molecule has 3 aliphatic rings. The lowest BCUT2D eigenvalue weighted by atomic mass is 9.33. The monoisotopic (exact) mass is 803 g/mol. The molecule has 0 radical (unpaired) electrons. The van der Waals surface area contributed by atoms with E-state index in [1.165, 1.54) is 122 Å². The van der Waals surface area contributed by atoms with E-state index in [1.54, 1.807) is 0 Å². The summed E-state index contributed by atoms with van der Waals surface area (Å²) < 4.78 is 0. The molecule has 3 heteroatoms. The van der Waals surface area contributed by atoms with Crippen LogP contribution >= 0.6 is 0 Å². The maximum atomic E-state index is 2.70. The summed E-state index contributed by atoms with van der Waals surface area (Å²) in [6.45, 7) is 28.3. The van der Waals surface area contributed by atoms with Crippen molar-refractivity contribution >= 4 is 57.2 Å². The Bertz CT molecular complexity index is 2610. The molecular weight excluding hydrogens is 735 g/mol. The van der Waals surface area contributed by atoms with Crippen LogP contribution in [0, 0.1) is 6.92 Å². The third kappa shape index (κ3) is 7.24. The molecule has 0 spiro atoms. The Labute approximate surface area is 368 Å². The fourth-order valence-corrected chi connectivity index (χ4v) is 10.6. The molecule has 6 aromatic carbocycles. The maximum Gasteiger partial charge on any atom is 0.252 e. The van der Waals surface area contributed by atoms with E-state index in [0.29, 0.717) is 5.92 Å². The van der Waals surface area contributed by atoms with E-state index in [-0.39, 0.29) is 28.4 Å². The molecule has 0 amide bonds. The molecule has 0 unspecified atom stereocenters. The smallest absolute Gasteiger partial charge is 0.252 e. The topological polar surface area (TPSA) is 6.48 Å². The number of hydrogen-bond acceptors (Lipinski definition) is 2. The number of anilines is 6. The minimum absolute atomic E-state index is 0.000238. The second-order valence-corrected chi connectivity index (χ2v) is 22.3. The van der Waals surface area contributed by atoms with Gasteiger partial charge in [0.15, 0.2) is 0 Å².